The van der Waals surface area contributed by atoms with Crippen LogP contribution >= 0.6 is 11.6 Å². The Hall–Kier alpha value is -2.99. The molecule has 3 N–H and O–H groups in total. The maximum atomic E-state index is 13.0. The van der Waals surface area contributed by atoms with E-state index in [-0.39, 0.29) is 16.3 Å². The third kappa shape index (κ3) is 4.71. The Morgan fingerprint density at radius 2 is 1.59 bits per heavy atom. The monoisotopic (exact) mass is 419 g/mol. The van der Waals surface area contributed by atoms with Crippen molar-refractivity contribution in [3.8, 4) is 11.1 Å². The van der Waals surface area contributed by atoms with Crippen LogP contribution in [0, 0.1) is 0 Å². The van der Waals surface area contributed by atoms with Gasteiger partial charge in [0.05, 0.1) is 21.8 Å². The molecule has 0 amide bonds. The van der Waals surface area contributed by atoms with Crippen molar-refractivity contribution in [2.75, 3.05) is 5.73 Å². The number of alkyl halides is 3. The molecular weight excluding hydrogens is 403 g/mol. The number of hydrogen-bond acceptors (Lipinski definition) is 2. The number of anilines is 1. The Kier molecular flexibility index (Phi) is 5.84. The molecule has 7 heteroatoms. The molecule has 0 fully saturated rings. The number of nitrogen functional groups attached to an aromatic ring is 1. The predicted octanol–water partition coefficient (Wildman–Crippen LogP) is 6.09. The SMILES string of the molecule is Nc1c(C(=O)O)cccc1-c1ccc(CCc2ccc(Cl)c(C(F)(F)F)c2)cc1. The van der Waals surface area contributed by atoms with Crippen molar-refractivity contribution in [1.82, 2.24) is 0 Å². The standard InChI is InChI=1S/C22H17ClF3NO2/c23-19-11-8-14(12-18(19)22(24,25)26)5-4-13-6-9-15(10-7-13)16-2-1-3-17(20(16)27)21(28)29/h1-3,6-12H,4-5,27H2,(H,28,29). The van der Waals surface area contributed by atoms with Crippen LogP contribution in [0.15, 0.2) is 60.7 Å². The van der Waals surface area contributed by atoms with E-state index >= 15 is 0 Å². The maximum absolute atomic E-state index is 13.0. The molecule has 0 atom stereocenters. The van der Waals surface area contributed by atoms with Crippen LogP contribution in [-0.2, 0) is 19.0 Å². The largest absolute Gasteiger partial charge is 0.478 e. The van der Waals surface area contributed by atoms with E-state index in [4.69, 9.17) is 17.3 Å². The average molecular weight is 420 g/mol. The Balaban J connectivity index is 1.76. The summed E-state index contributed by atoms with van der Waals surface area (Å²) < 4.78 is 38.9. The van der Waals surface area contributed by atoms with Gasteiger partial charge in [-0.2, -0.15) is 13.2 Å². The normalized spacial score (nSPS) is 11.4. The van der Waals surface area contributed by atoms with Gasteiger partial charge < -0.3 is 10.8 Å². The highest BCUT2D eigenvalue weighted by Gasteiger charge is 2.33. The highest BCUT2D eigenvalue weighted by molar-refractivity contribution is 6.31. The molecule has 0 aliphatic carbocycles. The van der Waals surface area contributed by atoms with Gasteiger partial charge >= 0.3 is 12.1 Å². The van der Waals surface area contributed by atoms with Crippen molar-refractivity contribution in [3.63, 3.8) is 0 Å². The van der Waals surface area contributed by atoms with Crippen LogP contribution in [0.1, 0.15) is 27.0 Å². The maximum Gasteiger partial charge on any atom is 0.417 e. The minimum atomic E-state index is -4.49. The van der Waals surface area contributed by atoms with Crippen LogP contribution in [0.2, 0.25) is 5.02 Å². The summed E-state index contributed by atoms with van der Waals surface area (Å²) in [5.41, 5.74) is 8.22. The summed E-state index contributed by atoms with van der Waals surface area (Å²) in [6.07, 6.45) is -3.51. The second-order valence-electron chi connectivity index (χ2n) is 6.58. The zero-order valence-electron chi connectivity index (χ0n) is 15.1. The summed E-state index contributed by atoms with van der Waals surface area (Å²) in [4.78, 5) is 11.2. The van der Waals surface area contributed by atoms with Gasteiger partial charge in [-0.1, -0.05) is 54.1 Å². The molecule has 0 radical (unpaired) electrons. The number of carbonyl (C=O) groups is 1. The molecule has 29 heavy (non-hydrogen) atoms. The van der Waals surface area contributed by atoms with Crippen molar-refractivity contribution in [1.29, 1.82) is 0 Å². The van der Waals surface area contributed by atoms with Crippen molar-refractivity contribution in [2.24, 2.45) is 0 Å². The summed E-state index contributed by atoms with van der Waals surface area (Å²) in [5, 5.41) is 8.87. The minimum absolute atomic E-state index is 0.0368. The van der Waals surface area contributed by atoms with Crippen molar-refractivity contribution >= 4 is 23.3 Å². The summed E-state index contributed by atoms with van der Waals surface area (Å²) in [7, 11) is 0. The lowest BCUT2D eigenvalue weighted by molar-refractivity contribution is -0.137. The van der Waals surface area contributed by atoms with Crippen LogP contribution in [0.25, 0.3) is 11.1 Å². The van der Waals surface area contributed by atoms with E-state index in [2.05, 4.69) is 0 Å². The minimum Gasteiger partial charge on any atom is -0.478 e. The first-order chi connectivity index (χ1) is 13.7. The van der Waals surface area contributed by atoms with E-state index in [1.807, 2.05) is 24.3 Å². The van der Waals surface area contributed by atoms with Crippen molar-refractivity contribution in [3.05, 3.63) is 87.9 Å². The Morgan fingerprint density at radius 3 is 2.21 bits per heavy atom. The van der Waals surface area contributed by atoms with Crippen molar-refractivity contribution < 1.29 is 23.1 Å². The lowest BCUT2D eigenvalue weighted by Gasteiger charge is -2.11. The average Bonchev–Trinajstić information content (AvgIpc) is 2.67. The number of benzene rings is 3. The molecule has 0 aliphatic heterocycles. The molecule has 3 nitrogen and oxygen atoms in total. The van der Waals surface area contributed by atoms with Crippen LogP contribution < -0.4 is 5.73 Å². The Morgan fingerprint density at radius 1 is 0.966 bits per heavy atom. The molecule has 150 valence electrons. The van der Waals surface area contributed by atoms with Crippen LogP contribution in [0.3, 0.4) is 0 Å². The fourth-order valence-electron chi connectivity index (χ4n) is 3.09. The molecule has 0 saturated heterocycles. The quantitative estimate of drug-likeness (QED) is 0.492. The molecule has 3 aromatic carbocycles. The van der Waals surface area contributed by atoms with Gasteiger partial charge in [-0.25, -0.2) is 4.79 Å². The van der Waals surface area contributed by atoms with Gasteiger partial charge in [0.2, 0.25) is 0 Å². The third-order valence-corrected chi connectivity index (χ3v) is 4.97. The molecular formula is C22H17ClF3NO2. The number of nitrogens with two attached hydrogens (primary N) is 1. The molecule has 0 aromatic heterocycles. The number of hydrogen-bond donors (Lipinski definition) is 2. The second-order valence-corrected chi connectivity index (χ2v) is 6.99. The fourth-order valence-corrected chi connectivity index (χ4v) is 3.31. The van der Waals surface area contributed by atoms with Crippen molar-refractivity contribution in [2.45, 2.75) is 19.0 Å². The predicted molar refractivity (Wildman–Crippen MR) is 107 cm³/mol. The highest BCUT2D eigenvalue weighted by Crippen LogP contribution is 2.35. The van der Waals surface area contributed by atoms with E-state index < -0.39 is 17.7 Å². The van der Waals surface area contributed by atoms with E-state index in [9.17, 15) is 23.1 Å². The summed E-state index contributed by atoms with van der Waals surface area (Å²) in [6.45, 7) is 0. The summed E-state index contributed by atoms with van der Waals surface area (Å²) >= 11 is 5.65. The first-order valence-corrected chi connectivity index (χ1v) is 9.11. The zero-order valence-corrected chi connectivity index (χ0v) is 15.9. The molecule has 0 spiro atoms. The second kappa shape index (κ2) is 8.17. The molecule has 0 unspecified atom stereocenters. The molecule has 3 aromatic rings. The van der Waals surface area contributed by atoms with Crippen LogP contribution in [0.5, 0.6) is 0 Å². The number of halogens is 4. The molecule has 0 bridgehead atoms. The third-order valence-electron chi connectivity index (χ3n) is 4.64. The van der Waals surface area contributed by atoms with E-state index in [1.165, 1.54) is 12.1 Å². The van der Waals surface area contributed by atoms with Gasteiger partial charge in [0.1, 0.15) is 0 Å². The van der Waals surface area contributed by atoms with Gasteiger partial charge in [-0.05, 0) is 47.7 Å². The number of rotatable bonds is 5. The topological polar surface area (TPSA) is 63.3 Å². The number of carboxylic acid groups (broad SMARTS) is 1. The van der Waals surface area contributed by atoms with E-state index in [1.54, 1.807) is 18.2 Å². The van der Waals surface area contributed by atoms with Gasteiger partial charge in [0.25, 0.3) is 0 Å². The summed E-state index contributed by atoms with van der Waals surface area (Å²) in [6, 6.07) is 16.1. The van der Waals surface area contributed by atoms with E-state index in [0.717, 1.165) is 17.2 Å². The number of carboxylic acids is 1. The summed E-state index contributed by atoms with van der Waals surface area (Å²) in [5.74, 6) is -1.10. The van der Waals surface area contributed by atoms with Crippen LogP contribution in [0.4, 0.5) is 18.9 Å². The Labute approximate surface area is 170 Å². The van der Waals surface area contributed by atoms with Gasteiger partial charge in [-0.15, -0.1) is 0 Å². The lowest BCUT2D eigenvalue weighted by Crippen LogP contribution is -2.07. The molecule has 0 aliphatic rings. The zero-order chi connectivity index (χ0) is 21.2. The van der Waals surface area contributed by atoms with Crippen LogP contribution in [-0.4, -0.2) is 11.1 Å². The molecule has 0 saturated carbocycles. The highest BCUT2D eigenvalue weighted by atomic mass is 35.5. The number of aryl methyl sites for hydroxylation is 2. The number of aromatic carboxylic acids is 1. The lowest BCUT2D eigenvalue weighted by atomic mass is 9.97. The first-order valence-electron chi connectivity index (χ1n) is 8.73. The molecule has 3 rings (SSSR count). The molecule has 0 heterocycles. The Bertz CT molecular complexity index is 1050. The van der Waals surface area contributed by atoms with E-state index in [0.29, 0.717) is 24.0 Å². The van der Waals surface area contributed by atoms with Gasteiger partial charge in [0, 0.05) is 5.56 Å². The van der Waals surface area contributed by atoms with Gasteiger partial charge in [0.15, 0.2) is 0 Å². The first kappa shape index (κ1) is 20.7. The fraction of sp³-hybridized carbons (Fsp3) is 0.136. The number of para-hydroxylation sites is 1. The van der Waals surface area contributed by atoms with Gasteiger partial charge in [-0.3, -0.25) is 0 Å². The smallest absolute Gasteiger partial charge is 0.417 e.